The SMILES string of the molecule is O=C(COc1ccc2c(c1)O/C(=C\C=C\c1ccccc1)C2=O)c1ccc(Br)cc1. The van der Waals surface area contributed by atoms with Crippen LogP contribution < -0.4 is 9.47 Å². The van der Waals surface area contributed by atoms with Crippen LogP contribution in [0.5, 0.6) is 11.5 Å². The van der Waals surface area contributed by atoms with E-state index in [4.69, 9.17) is 9.47 Å². The minimum atomic E-state index is -0.180. The van der Waals surface area contributed by atoms with Gasteiger partial charge in [0.1, 0.15) is 11.5 Å². The molecule has 1 heterocycles. The van der Waals surface area contributed by atoms with Crippen LogP contribution >= 0.6 is 15.9 Å². The number of hydrogen-bond acceptors (Lipinski definition) is 4. The summed E-state index contributed by atoms with van der Waals surface area (Å²) in [5, 5.41) is 0. The lowest BCUT2D eigenvalue weighted by Crippen LogP contribution is -2.11. The second kappa shape index (κ2) is 8.93. The van der Waals surface area contributed by atoms with Crippen molar-refractivity contribution >= 4 is 33.6 Å². The topological polar surface area (TPSA) is 52.6 Å². The number of ketones is 2. The van der Waals surface area contributed by atoms with E-state index in [-0.39, 0.29) is 23.9 Å². The Kier molecular flexibility index (Phi) is 5.91. The van der Waals surface area contributed by atoms with E-state index < -0.39 is 0 Å². The molecule has 5 heteroatoms. The minimum Gasteiger partial charge on any atom is -0.485 e. The van der Waals surface area contributed by atoms with Gasteiger partial charge in [0.25, 0.3) is 0 Å². The summed E-state index contributed by atoms with van der Waals surface area (Å²) >= 11 is 3.34. The fourth-order valence-electron chi connectivity index (χ4n) is 2.95. The number of benzene rings is 3. The van der Waals surface area contributed by atoms with E-state index in [0.29, 0.717) is 22.6 Å². The van der Waals surface area contributed by atoms with Gasteiger partial charge in [-0.2, -0.15) is 0 Å². The van der Waals surface area contributed by atoms with Gasteiger partial charge in [-0.15, -0.1) is 0 Å². The molecule has 1 aliphatic rings. The molecule has 0 aromatic heterocycles. The Morgan fingerprint density at radius 1 is 1.00 bits per heavy atom. The van der Waals surface area contributed by atoms with Crippen LogP contribution in [0.25, 0.3) is 6.08 Å². The van der Waals surface area contributed by atoms with Gasteiger partial charge in [-0.1, -0.05) is 70.5 Å². The summed E-state index contributed by atoms with van der Waals surface area (Å²) in [5.74, 6) is 0.827. The summed E-state index contributed by atoms with van der Waals surface area (Å²) in [4.78, 5) is 24.8. The summed E-state index contributed by atoms with van der Waals surface area (Å²) in [6.45, 7) is -0.100. The number of allylic oxidation sites excluding steroid dienone is 3. The first-order valence-corrected chi connectivity index (χ1v) is 10.1. The van der Waals surface area contributed by atoms with Gasteiger partial charge in [0.15, 0.2) is 18.1 Å². The van der Waals surface area contributed by atoms with Crippen LogP contribution in [0.15, 0.2) is 95.2 Å². The molecule has 0 aliphatic carbocycles. The normalized spacial score (nSPS) is 14.0. The van der Waals surface area contributed by atoms with Gasteiger partial charge >= 0.3 is 0 Å². The van der Waals surface area contributed by atoms with Crippen molar-refractivity contribution in [1.29, 1.82) is 0 Å². The van der Waals surface area contributed by atoms with Gasteiger partial charge in [-0.05, 0) is 35.9 Å². The van der Waals surface area contributed by atoms with E-state index in [9.17, 15) is 9.59 Å². The molecule has 3 aromatic rings. The van der Waals surface area contributed by atoms with Gasteiger partial charge in [0.2, 0.25) is 5.78 Å². The molecule has 4 rings (SSSR count). The van der Waals surface area contributed by atoms with E-state index in [1.165, 1.54) is 0 Å². The predicted octanol–water partition coefficient (Wildman–Crippen LogP) is 5.88. The molecule has 0 radical (unpaired) electrons. The molecule has 1 aliphatic heterocycles. The molecule has 0 bridgehead atoms. The summed E-state index contributed by atoms with van der Waals surface area (Å²) < 4.78 is 12.2. The predicted molar refractivity (Wildman–Crippen MR) is 119 cm³/mol. The molecule has 0 unspecified atom stereocenters. The van der Waals surface area contributed by atoms with Crippen molar-refractivity contribution in [2.75, 3.05) is 6.61 Å². The van der Waals surface area contributed by atoms with Crippen molar-refractivity contribution in [3.05, 3.63) is 112 Å². The monoisotopic (exact) mass is 460 g/mol. The van der Waals surface area contributed by atoms with Crippen LogP contribution in [0, 0.1) is 0 Å². The van der Waals surface area contributed by atoms with Gasteiger partial charge in [-0.25, -0.2) is 0 Å². The Morgan fingerprint density at radius 2 is 1.77 bits per heavy atom. The number of ether oxygens (including phenoxy) is 2. The number of fused-ring (bicyclic) bond motifs is 1. The van der Waals surface area contributed by atoms with Crippen LogP contribution in [-0.4, -0.2) is 18.2 Å². The Hall–Kier alpha value is -3.44. The van der Waals surface area contributed by atoms with Crippen molar-refractivity contribution in [2.45, 2.75) is 0 Å². The highest BCUT2D eigenvalue weighted by Gasteiger charge is 2.27. The summed E-state index contributed by atoms with van der Waals surface area (Å²) in [6.07, 6.45) is 5.32. The third kappa shape index (κ3) is 4.58. The summed E-state index contributed by atoms with van der Waals surface area (Å²) in [6, 6.07) is 21.8. The second-order valence-corrected chi connectivity index (χ2v) is 7.52. The molecular formula is C25H17BrO4. The van der Waals surface area contributed by atoms with E-state index in [2.05, 4.69) is 15.9 Å². The van der Waals surface area contributed by atoms with Gasteiger partial charge in [-0.3, -0.25) is 9.59 Å². The van der Waals surface area contributed by atoms with E-state index >= 15 is 0 Å². The maximum atomic E-state index is 12.5. The fourth-order valence-corrected chi connectivity index (χ4v) is 3.21. The molecule has 0 saturated heterocycles. The fraction of sp³-hybridized carbons (Fsp3) is 0.0400. The summed E-state index contributed by atoms with van der Waals surface area (Å²) in [5.41, 5.74) is 2.07. The minimum absolute atomic E-state index is 0.100. The lowest BCUT2D eigenvalue weighted by atomic mass is 10.1. The molecule has 0 saturated carbocycles. The number of rotatable bonds is 6. The lowest BCUT2D eigenvalue weighted by Gasteiger charge is -2.07. The van der Waals surface area contributed by atoms with Gasteiger partial charge in [0.05, 0.1) is 5.56 Å². The lowest BCUT2D eigenvalue weighted by molar-refractivity contribution is 0.0921. The molecule has 0 atom stereocenters. The average Bonchev–Trinajstić information content (AvgIpc) is 3.08. The van der Waals surface area contributed by atoms with Gasteiger partial charge < -0.3 is 9.47 Å². The maximum Gasteiger partial charge on any atom is 0.231 e. The largest absolute Gasteiger partial charge is 0.485 e. The average molecular weight is 461 g/mol. The third-order valence-electron chi connectivity index (χ3n) is 4.51. The van der Waals surface area contributed by atoms with Crippen molar-refractivity contribution in [3.63, 3.8) is 0 Å². The second-order valence-electron chi connectivity index (χ2n) is 6.61. The summed E-state index contributed by atoms with van der Waals surface area (Å²) in [7, 11) is 0. The molecule has 148 valence electrons. The first-order chi connectivity index (χ1) is 14.6. The molecule has 3 aromatic carbocycles. The standard InChI is InChI=1S/C25H17BrO4/c26-19-11-9-18(10-12-19)22(27)16-29-20-13-14-21-24(15-20)30-23(25(21)28)8-4-7-17-5-2-1-3-6-17/h1-15H,16H2/b7-4+,23-8-. The first kappa shape index (κ1) is 19.9. The first-order valence-electron chi connectivity index (χ1n) is 9.32. The zero-order valence-electron chi connectivity index (χ0n) is 15.9. The molecular weight excluding hydrogens is 444 g/mol. The van der Waals surface area contributed by atoms with Crippen LogP contribution in [0.1, 0.15) is 26.3 Å². The van der Waals surface area contributed by atoms with Crippen LogP contribution in [0.2, 0.25) is 0 Å². The molecule has 0 N–H and O–H groups in total. The Bertz CT molecular complexity index is 1150. The van der Waals surface area contributed by atoms with Crippen molar-refractivity contribution in [1.82, 2.24) is 0 Å². The molecule has 30 heavy (non-hydrogen) atoms. The molecule has 4 nitrogen and oxygen atoms in total. The highest BCUT2D eigenvalue weighted by Crippen LogP contribution is 2.34. The number of carbonyl (C=O) groups excluding carboxylic acids is 2. The molecule has 0 fully saturated rings. The quantitative estimate of drug-likeness (QED) is 0.340. The zero-order valence-corrected chi connectivity index (χ0v) is 17.5. The highest BCUT2D eigenvalue weighted by atomic mass is 79.9. The van der Waals surface area contributed by atoms with E-state index in [0.717, 1.165) is 10.0 Å². The number of halogens is 1. The molecule has 0 amide bonds. The van der Waals surface area contributed by atoms with Crippen molar-refractivity contribution < 1.29 is 19.1 Å². The van der Waals surface area contributed by atoms with Gasteiger partial charge in [0, 0.05) is 16.1 Å². The van der Waals surface area contributed by atoms with Crippen LogP contribution in [0.4, 0.5) is 0 Å². The Balaban J connectivity index is 1.41. The molecule has 0 spiro atoms. The van der Waals surface area contributed by atoms with Crippen molar-refractivity contribution in [2.24, 2.45) is 0 Å². The van der Waals surface area contributed by atoms with Crippen LogP contribution in [-0.2, 0) is 0 Å². The Morgan fingerprint density at radius 3 is 2.53 bits per heavy atom. The number of hydrogen-bond donors (Lipinski definition) is 0. The van der Waals surface area contributed by atoms with E-state index in [1.54, 1.807) is 42.5 Å². The highest BCUT2D eigenvalue weighted by molar-refractivity contribution is 9.10. The number of Topliss-reactive ketones (excluding diaryl/α,β-unsaturated/α-hetero) is 2. The van der Waals surface area contributed by atoms with Crippen molar-refractivity contribution in [3.8, 4) is 11.5 Å². The number of carbonyl (C=O) groups is 2. The maximum absolute atomic E-state index is 12.5. The Labute approximate surface area is 182 Å². The van der Waals surface area contributed by atoms with Crippen LogP contribution in [0.3, 0.4) is 0 Å². The zero-order chi connectivity index (χ0) is 20.9. The van der Waals surface area contributed by atoms with E-state index in [1.807, 2.05) is 48.5 Å². The smallest absolute Gasteiger partial charge is 0.231 e. The third-order valence-corrected chi connectivity index (χ3v) is 5.04.